The van der Waals surface area contributed by atoms with Crippen molar-refractivity contribution in [3.05, 3.63) is 23.2 Å². The molecule has 6 heteroatoms. The third-order valence-corrected chi connectivity index (χ3v) is 3.58. The molecule has 0 bridgehead atoms. The highest BCUT2D eigenvalue weighted by Gasteiger charge is 2.20. The summed E-state index contributed by atoms with van der Waals surface area (Å²) in [5.41, 5.74) is 5.53. The van der Waals surface area contributed by atoms with Crippen molar-refractivity contribution in [1.29, 1.82) is 5.26 Å². The van der Waals surface area contributed by atoms with E-state index in [0.717, 1.165) is 0 Å². The Morgan fingerprint density at radius 2 is 2.14 bits per heavy atom. The number of nitriles is 1. The lowest BCUT2D eigenvalue weighted by molar-refractivity contribution is 0.600. The second kappa shape index (κ2) is 3.86. The van der Waals surface area contributed by atoms with Crippen molar-refractivity contribution in [2.24, 2.45) is 0 Å². The molecule has 0 aliphatic rings. The van der Waals surface area contributed by atoms with E-state index < -0.39 is 15.6 Å². The van der Waals surface area contributed by atoms with Crippen LogP contribution in [0.5, 0.6) is 0 Å². The number of nitrogen functional groups attached to an aromatic ring is 1. The zero-order valence-corrected chi connectivity index (χ0v) is 8.64. The molecule has 0 fully saturated rings. The van der Waals surface area contributed by atoms with Gasteiger partial charge in [0.25, 0.3) is 0 Å². The quantitative estimate of drug-likeness (QED) is 0.775. The summed E-state index contributed by atoms with van der Waals surface area (Å²) in [5.74, 6) is -0.624. The van der Waals surface area contributed by atoms with Crippen LogP contribution in [0.1, 0.15) is 0 Å². The average molecular weight is 231 g/mol. The minimum Gasteiger partial charge on any atom is -0.398 e. The van der Waals surface area contributed by atoms with Gasteiger partial charge in [-0.3, -0.25) is 0 Å². The Morgan fingerprint density at radius 1 is 1.50 bits per heavy atom. The Bertz CT molecular complexity index is 470. The van der Waals surface area contributed by atoms with Gasteiger partial charge < -0.3 is 5.73 Å². The summed E-state index contributed by atoms with van der Waals surface area (Å²) < 4.78 is 23.0. The minimum absolute atomic E-state index is 0.0419. The van der Waals surface area contributed by atoms with Crippen LogP contribution in [0.15, 0.2) is 23.1 Å². The van der Waals surface area contributed by atoms with Crippen molar-refractivity contribution in [3.8, 4) is 6.07 Å². The summed E-state index contributed by atoms with van der Waals surface area (Å²) in [7, 11) is -3.69. The molecule has 1 aromatic carbocycles. The van der Waals surface area contributed by atoms with E-state index in [1.807, 2.05) is 0 Å². The summed E-state index contributed by atoms with van der Waals surface area (Å²) in [4.78, 5) is -0.164. The molecule has 1 aromatic rings. The van der Waals surface area contributed by atoms with Gasteiger partial charge in [-0.2, -0.15) is 5.26 Å². The molecule has 0 saturated carbocycles. The fourth-order valence-corrected chi connectivity index (χ4v) is 2.65. The van der Waals surface area contributed by atoms with Crippen molar-refractivity contribution in [3.63, 3.8) is 0 Å². The number of benzene rings is 1. The van der Waals surface area contributed by atoms with Gasteiger partial charge in [-0.1, -0.05) is 17.7 Å². The molecule has 2 N–H and O–H groups in total. The highest BCUT2D eigenvalue weighted by molar-refractivity contribution is 7.91. The third kappa shape index (κ3) is 1.97. The van der Waals surface area contributed by atoms with E-state index in [2.05, 4.69) is 0 Å². The van der Waals surface area contributed by atoms with E-state index in [1.54, 1.807) is 12.1 Å². The molecular weight excluding hydrogens is 224 g/mol. The number of anilines is 1. The fraction of sp³-hybridized carbons (Fsp3) is 0.125. The molecule has 0 amide bonds. The first-order valence-corrected chi connectivity index (χ1v) is 5.66. The Hall–Kier alpha value is -1.25. The van der Waals surface area contributed by atoms with E-state index in [-0.39, 0.29) is 15.6 Å². The average Bonchev–Trinajstić information content (AvgIpc) is 2.02. The number of nitrogens with zero attached hydrogens (tertiary/aromatic N) is 1. The topological polar surface area (TPSA) is 84.0 Å². The Balaban J connectivity index is 3.41. The molecule has 0 radical (unpaired) electrons. The van der Waals surface area contributed by atoms with Gasteiger partial charge in [-0.15, -0.1) is 0 Å². The minimum atomic E-state index is -3.69. The number of nitrogens with two attached hydrogens (primary N) is 1. The maximum absolute atomic E-state index is 11.5. The van der Waals surface area contributed by atoms with Gasteiger partial charge in [0.15, 0.2) is 9.84 Å². The number of hydrogen-bond donors (Lipinski definition) is 1. The van der Waals surface area contributed by atoms with E-state index in [9.17, 15) is 8.42 Å². The summed E-state index contributed by atoms with van der Waals surface area (Å²) in [5, 5.41) is 8.37. The van der Waals surface area contributed by atoms with Crippen LogP contribution in [0, 0.1) is 11.3 Å². The molecule has 74 valence electrons. The van der Waals surface area contributed by atoms with Gasteiger partial charge in [-0.25, -0.2) is 8.42 Å². The summed E-state index contributed by atoms with van der Waals surface area (Å²) in [6.45, 7) is 0. The second-order valence-corrected chi connectivity index (χ2v) is 4.91. The van der Waals surface area contributed by atoms with Crippen LogP contribution in [0.25, 0.3) is 0 Å². The van der Waals surface area contributed by atoms with Crippen LogP contribution in [0.4, 0.5) is 5.69 Å². The van der Waals surface area contributed by atoms with Crippen LogP contribution in [-0.4, -0.2) is 14.2 Å². The maximum atomic E-state index is 11.5. The number of rotatable bonds is 2. The lowest BCUT2D eigenvalue weighted by Crippen LogP contribution is -2.08. The number of sulfone groups is 1. The maximum Gasteiger partial charge on any atom is 0.195 e. The fourth-order valence-electron chi connectivity index (χ4n) is 1.01. The first-order valence-electron chi connectivity index (χ1n) is 3.62. The van der Waals surface area contributed by atoms with Gasteiger partial charge in [0, 0.05) is 0 Å². The molecule has 14 heavy (non-hydrogen) atoms. The molecule has 0 saturated heterocycles. The van der Waals surface area contributed by atoms with Gasteiger partial charge >= 0.3 is 0 Å². The van der Waals surface area contributed by atoms with Crippen LogP contribution < -0.4 is 5.73 Å². The first kappa shape index (κ1) is 10.8. The van der Waals surface area contributed by atoms with Gasteiger partial charge in [0.05, 0.1) is 16.8 Å². The SMILES string of the molecule is N#CCS(=O)(=O)c1c(N)cccc1Cl. The Labute approximate surface area is 86.8 Å². The molecule has 0 spiro atoms. The smallest absolute Gasteiger partial charge is 0.195 e. The molecule has 0 aromatic heterocycles. The lowest BCUT2D eigenvalue weighted by Gasteiger charge is -2.05. The van der Waals surface area contributed by atoms with Crippen molar-refractivity contribution in [2.75, 3.05) is 11.5 Å². The normalized spacial score (nSPS) is 10.9. The van der Waals surface area contributed by atoms with Crippen molar-refractivity contribution >= 4 is 27.1 Å². The summed E-state index contributed by atoms with van der Waals surface area (Å²) in [6.07, 6.45) is 0. The highest BCUT2D eigenvalue weighted by Crippen LogP contribution is 2.27. The predicted molar refractivity (Wildman–Crippen MR) is 53.5 cm³/mol. The highest BCUT2D eigenvalue weighted by atomic mass is 35.5. The zero-order chi connectivity index (χ0) is 10.8. The number of halogens is 1. The van der Waals surface area contributed by atoms with Crippen molar-refractivity contribution < 1.29 is 8.42 Å². The third-order valence-electron chi connectivity index (χ3n) is 1.56. The summed E-state index contributed by atoms with van der Waals surface area (Å²) >= 11 is 5.68. The molecule has 0 aliphatic heterocycles. The molecule has 0 heterocycles. The van der Waals surface area contributed by atoms with Crippen LogP contribution >= 0.6 is 11.6 Å². The molecule has 0 unspecified atom stereocenters. The van der Waals surface area contributed by atoms with Gasteiger partial charge in [0.2, 0.25) is 0 Å². The van der Waals surface area contributed by atoms with Gasteiger partial charge in [-0.05, 0) is 12.1 Å². The van der Waals surface area contributed by atoms with Crippen LogP contribution in [-0.2, 0) is 9.84 Å². The molecule has 0 aliphatic carbocycles. The Kier molecular flexibility index (Phi) is 2.99. The standard InChI is InChI=1S/C8H7ClN2O2S/c9-6-2-1-3-7(11)8(6)14(12,13)5-4-10/h1-3H,5,11H2. The predicted octanol–water partition coefficient (Wildman–Crippen LogP) is 1.22. The Morgan fingerprint density at radius 3 is 2.64 bits per heavy atom. The lowest BCUT2D eigenvalue weighted by atomic mass is 10.3. The zero-order valence-electron chi connectivity index (χ0n) is 7.07. The van der Waals surface area contributed by atoms with Crippen molar-refractivity contribution in [2.45, 2.75) is 4.90 Å². The van der Waals surface area contributed by atoms with E-state index in [0.29, 0.717) is 0 Å². The second-order valence-electron chi connectivity index (χ2n) is 2.58. The van der Waals surface area contributed by atoms with Crippen molar-refractivity contribution in [1.82, 2.24) is 0 Å². The largest absolute Gasteiger partial charge is 0.398 e. The van der Waals surface area contributed by atoms with Crippen LogP contribution in [0.2, 0.25) is 5.02 Å². The van der Waals surface area contributed by atoms with E-state index in [1.165, 1.54) is 12.1 Å². The van der Waals surface area contributed by atoms with E-state index >= 15 is 0 Å². The molecule has 4 nitrogen and oxygen atoms in total. The van der Waals surface area contributed by atoms with Crippen LogP contribution in [0.3, 0.4) is 0 Å². The molecule has 0 atom stereocenters. The van der Waals surface area contributed by atoms with E-state index in [4.69, 9.17) is 22.6 Å². The number of hydrogen-bond acceptors (Lipinski definition) is 4. The summed E-state index contributed by atoms with van der Waals surface area (Å²) in [6, 6.07) is 5.95. The molecular formula is C8H7ClN2O2S. The monoisotopic (exact) mass is 230 g/mol. The van der Waals surface area contributed by atoms with Gasteiger partial charge in [0.1, 0.15) is 10.6 Å². The first-order chi connectivity index (χ1) is 6.49. The molecule has 1 rings (SSSR count).